The van der Waals surface area contributed by atoms with Crippen molar-refractivity contribution in [3.63, 3.8) is 0 Å². The number of esters is 1. The summed E-state index contributed by atoms with van der Waals surface area (Å²) in [4.78, 5) is 30.4. The molecule has 8 rings (SSSR count). The highest BCUT2D eigenvalue weighted by atomic mass is 17.2. The van der Waals surface area contributed by atoms with E-state index in [1.165, 1.54) is 0 Å². The third-order valence-electron chi connectivity index (χ3n) is 18.5. The zero-order valence-corrected chi connectivity index (χ0v) is 41.1. The van der Waals surface area contributed by atoms with Gasteiger partial charge in [-0.3, -0.25) is 10.1 Å². The van der Waals surface area contributed by atoms with Gasteiger partial charge in [0.2, 0.25) is 6.29 Å². The summed E-state index contributed by atoms with van der Waals surface area (Å²) in [7, 11) is 0. The summed E-state index contributed by atoms with van der Waals surface area (Å²) in [6.07, 6.45) is -29.0. The molecule has 0 aromatic carbocycles. The van der Waals surface area contributed by atoms with Crippen LogP contribution in [0.25, 0.3) is 0 Å². The van der Waals surface area contributed by atoms with E-state index in [9.17, 15) is 76.4 Å². The molecule has 4 saturated carbocycles. The van der Waals surface area contributed by atoms with Gasteiger partial charge in [0.15, 0.2) is 37.2 Å². The molecule has 14 N–H and O–H groups in total. The first kappa shape index (κ1) is 57.4. The van der Waals surface area contributed by atoms with Crippen molar-refractivity contribution in [2.45, 2.75) is 207 Å². The van der Waals surface area contributed by atoms with Gasteiger partial charge in [0.05, 0.1) is 44.1 Å². The average Bonchev–Trinajstić information content (AvgIpc) is 3.61. The van der Waals surface area contributed by atoms with Crippen LogP contribution in [0.5, 0.6) is 0 Å². The van der Waals surface area contributed by atoms with E-state index in [-0.39, 0.29) is 12.5 Å². The van der Waals surface area contributed by atoms with Crippen molar-refractivity contribution in [1.82, 2.24) is 0 Å². The molecule has 26 nitrogen and oxygen atoms in total. The summed E-state index contributed by atoms with van der Waals surface area (Å²) in [5.41, 5.74) is -3.15. The minimum atomic E-state index is -1.91. The van der Waals surface area contributed by atoms with Crippen molar-refractivity contribution in [3.8, 4) is 0 Å². The lowest BCUT2D eigenvalue weighted by Gasteiger charge is -2.69. The Morgan fingerprint density at radius 3 is 1.73 bits per heavy atom. The Bertz CT molecular complexity index is 1900. The Hall–Kier alpha value is -1.75. The molecule has 26 heteroatoms. The fourth-order valence-corrected chi connectivity index (χ4v) is 14.1. The van der Waals surface area contributed by atoms with Crippen molar-refractivity contribution < 1.29 is 129 Å². The minimum absolute atomic E-state index is 0.313. The van der Waals surface area contributed by atoms with Gasteiger partial charge >= 0.3 is 5.97 Å². The SMILES string of the molecule is C=C1CC23CCC4[C@](C)(C(=O)OC5OC(CO)C(O)C(O)C5OC5OC(CO)C(O)C(O)C5O)CCC[C@@]4(C)[C@]2(C)CCC1(OC1OC(CO)C(OOCCO)C(OO)C1OC1OC(CO)C(O)C(O)C1O)C3. The van der Waals surface area contributed by atoms with Crippen molar-refractivity contribution in [2.24, 2.45) is 27.6 Å². The number of hydrogen-bond acceptors (Lipinski definition) is 26. The lowest BCUT2D eigenvalue weighted by molar-refractivity contribution is -0.453. The van der Waals surface area contributed by atoms with Crippen LogP contribution in [0, 0.1) is 27.6 Å². The van der Waals surface area contributed by atoms with E-state index in [0.717, 1.165) is 0 Å². The number of carbonyl (C=O) groups is 1. The largest absolute Gasteiger partial charge is 0.432 e. The number of hydrogen-bond donors (Lipinski definition) is 14. The van der Waals surface area contributed by atoms with Gasteiger partial charge in [-0.05, 0) is 86.0 Å². The molecule has 26 atom stereocenters. The molecule has 73 heavy (non-hydrogen) atoms. The normalized spacial score (nSPS) is 52.1. The number of aliphatic hydroxyl groups is 13. The van der Waals surface area contributed by atoms with E-state index in [1.54, 1.807) is 0 Å². The summed E-state index contributed by atoms with van der Waals surface area (Å²) in [5.74, 6) is -1.03. The quantitative estimate of drug-likeness (QED) is 0.0164. The lowest BCUT2D eigenvalue weighted by Crippen LogP contribution is -2.67. The third kappa shape index (κ3) is 9.64. The molecular formula is C47H76O26. The van der Waals surface area contributed by atoms with Crippen LogP contribution >= 0.6 is 0 Å². The van der Waals surface area contributed by atoms with Crippen LogP contribution in [-0.4, -0.2) is 246 Å². The molecule has 0 amide bonds. The number of rotatable bonds is 17. The Labute approximate surface area is 420 Å². The predicted octanol–water partition coefficient (Wildman–Crippen LogP) is -4.28. The first-order valence-corrected chi connectivity index (χ1v) is 25.2. The highest BCUT2D eigenvalue weighted by Gasteiger charge is 2.74. The summed E-state index contributed by atoms with van der Waals surface area (Å²) in [5, 5.41) is 146. The number of carbonyl (C=O) groups excluding carboxylic acids is 1. The number of aliphatic hydroxyl groups excluding tert-OH is 13. The summed E-state index contributed by atoms with van der Waals surface area (Å²) in [6, 6.07) is 0. The fourth-order valence-electron chi connectivity index (χ4n) is 14.1. The van der Waals surface area contributed by atoms with Crippen molar-refractivity contribution in [1.29, 1.82) is 0 Å². The van der Waals surface area contributed by atoms with Crippen LogP contribution in [0.15, 0.2) is 12.2 Å². The first-order chi connectivity index (χ1) is 34.6. The molecule has 2 bridgehead atoms. The standard InChI is InChI=1S/C47H76O26/c1-20-14-46-9-6-25-43(2,42(61)70-40-35(31(58)28(55)23(17-51)66-40)68-38-32(59)29(56)26(53)21(15-49)64-38)7-5-8-44(25,3)45(46,4)10-11-47(20,19-46)71-41-37(69-39-33(60)30(57)27(54)22(16-50)65-39)36(72-62)34(24(18-52)67-41)73-63-13-12-48/h21-41,48-60,62H,1,5-19H2,2-4H3/t21?,22?,23?,24?,25?,26?,27?,28?,29?,30?,31?,32?,33?,34?,35?,36?,37?,38?,39?,40?,41?,43-,44-,45+,46?,47?/m1/s1. The Morgan fingerprint density at radius 2 is 1.16 bits per heavy atom. The molecule has 8 aliphatic rings. The lowest BCUT2D eigenvalue weighted by atomic mass is 9.35. The van der Waals surface area contributed by atoms with Gasteiger partial charge in [-0.25, -0.2) is 14.7 Å². The fraction of sp³-hybridized carbons (Fsp3) is 0.936. The van der Waals surface area contributed by atoms with E-state index in [0.29, 0.717) is 63.4 Å². The first-order valence-electron chi connectivity index (χ1n) is 25.2. The second-order valence-electron chi connectivity index (χ2n) is 22.1. The van der Waals surface area contributed by atoms with Gasteiger partial charge in [0.25, 0.3) is 0 Å². The Morgan fingerprint density at radius 1 is 0.616 bits per heavy atom. The molecule has 4 aliphatic heterocycles. The minimum Gasteiger partial charge on any atom is -0.432 e. The third-order valence-corrected chi connectivity index (χ3v) is 18.5. The summed E-state index contributed by atoms with van der Waals surface area (Å²) >= 11 is 0. The molecular weight excluding hydrogens is 980 g/mol. The van der Waals surface area contributed by atoms with Crippen LogP contribution in [0.4, 0.5) is 0 Å². The topological polar surface area (TPSA) is 402 Å². The molecule has 0 aromatic heterocycles. The smallest absolute Gasteiger partial charge is 0.314 e. The highest BCUT2D eigenvalue weighted by Crippen LogP contribution is 2.79. The highest BCUT2D eigenvalue weighted by molar-refractivity contribution is 5.77. The zero-order valence-electron chi connectivity index (χ0n) is 41.1. The van der Waals surface area contributed by atoms with Gasteiger partial charge in [-0.1, -0.05) is 26.8 Å². The molecule has 4 heterocycles. The van der Waals surface area contributed by atoms with E-state index >= 15 is 0 Å². The van der Waals surface area contributed by atoms with E-state index < -0.39 is 189 Å². The van der Waals surface area contributed by atoms with E-state index in [2.05, 4.69) is 20.4 Å². The zero-order chi connectivity index (χ0) is 53.2. The van der Waals surface area contributed by atoms with Gasteiger partial charge in [0.1, 0.15) is 86.0 Å². The van der Waals surface area contributed by atoms with Crippen LogP contribution < -0.4 is 0 Å². The monoisotopic (exact) mass is 1060 g/mol. The maximum atomic E-state index is 14.9. The van der Waals surface area contributed by atoms with E-state index in [4.69, 9.17) is 52.6 Å². The van der Waals surface area contributed by atoms with Gasteiger partial charge in [-0.2, -0.15) is 0 Å². The molecule has 4 aliphatic carbocycles. The molecule has 0 aromatic rings. The molecule has 420 valence electrons. The van der Waals surface area contributed by atoms with Crippen LogP contribution in [0.2, 0.25) is 0 Å². The average molecular weight is 1060 g/mol. The molecule has 1 spiro atoms. The maximum absolute atomic E-state index is 14.9. The molecule has 8 fully saturated rings. The Balaban J connectivity index is 1.04. The molecule has 23 unspecified atom stereocenters. The molecule has 0 radical (unpaired) electrons. The Kier molecular flexibility index (Phi) is 17.4. The second-order valence-corrected chi connectivity index (χ2v) is 22.1. The van der Waals surface area contributed by atoms with E-state index in [1.807, 2.05) is 6.92 Å². The van der Waals surface area contributed by atoms with Gasteiger partial charge in [0, 0.05) is 0 Å². The van der Waals surface area contributed by atoms with Crippen LogP contribution in [-0.2, 0) is 57.4 Å². The van der Waals surface area contributed by atoms with Crippen LogP contribution in [0.1, 0.15) is 78.6 Å². The van der Waals surface area contributed by atoms with Crippen molar-refractivity contribution in [3.05, 3.63) is 12.2 Å². The van der Waals surface area contributed by atoms with Crippen molar-refractivity contribution in [2.75, 3.05) is 39.6 Å². The number of ether oxygens (including phenoxy) is 8. The number of fused-ring (bicyclic) bond motifs is 3. The maximum Gasteiger partial charge on any atom is 0.314 e. The second kappa shape index (κ2) is 22.2. The molecule has 4 saturated heterocycles. The van der Waals surface area contributed by atoms with Crippen LogP contribution in [0.3, 0.4) is 0 Å². The summed E-state index contributed by atoms with van der Waals surface area (Å²) < 4.78 is 48.5. The predicted molar refractivity (Wildman–Crippen MR) is 237 cm³/mol. The van der Waals surface area contributed by atoms with Gasteiger partial charge in [-0.15, -0.1) is 0 Å². The van der Waals surface area contributed by atoms with Gasteiger partial charge < -0.3 is 104 Å². The van der Waals surface area contributed by atoms with Crippen molar-refractivity contribution >= 4 is 5.97 Å². The summed E-state index contributed by atoms with van der Waals surface area (Å²) in [6.45, 7) is 6.87.